The Morgan fingerprint density at radius 3 is 2.45 bits per heavy atom. The number of fused-ring (bicyclic) bond motifs is 1. The molecular weight excluding hydrogens is 424 g/mol. The predicted octanol–water partition coefficient (Wildman–Crippen LogP) is 4.29. The third-order valence-electron chi connectivity index (χ3n) is 5.12. The zero-order valence-electron chi connectivity index (χ0n) is 17.0. The summed E-state index contributed by atoms with van der Waals surface area (Å²) < 4.78 is 2.52. The Morgan fingerprint density at radius 2 is 1.79 bits per heavy atom. The molecule has 2 N–H and O–H groups in total. The van der Waals surface area contributed by atoms with E-state index < -0.39 is 4.92 Å². The van der Waals surface area contributed by atoms with Gasteiger partial charge in [0.15, 0.2) is 5.82 Å². The molecule has 0 aliphatic rings. The SMILES string of the molecule is O=C(Nc1ccc(-c2nc3ccc([N+](=O)[O-])cc3n2O)cc1)c1ccc(-n2cccn2)cc1. The second-order valence-electron chi connectivity index (χ2n) is 7.21. The summed E-state index contributed by atoms with van der Waals surface area (Å²) in [6.45, 7) is 0. The molecule has 3 aromatic carbocycles. The van der Waals surface area contributed by atoms with Crippen molar-refractivity contribution in [1.82, 2.24) is 19.5 Å². The van der Waals surface area contributed by atoms with E-state index in [1.807, 2.05) is 12.3 Å². The van der Waals surface area contributed by atoms with Crippen LogP contribution in [-0.4, -0.2) is 35.5 Å². The zero-order chi connectivity index (χ0) is 22.9. The summed E-state index contributed by atoms with van der Waals surface area (Å²) in [6.07, 6.45) is 3.50. The standard InChI is InChI=1S/C23H16N6O4/c30-23(16-4-8-18(9-5-16)27-13-1-12-24-27)25-17-6-2-15(3-7-17)22-26-20-11-10-19(29(32)33)14-21(20)28(22)31/h1-14,31H,(H,25,30). The molecule has 2 heterocycles. The molecule has 1 amide bonds. The number of nitrogens with one attached hydrogen (secondary N) is 1. The first-order valence-corrected chi connectivity index (χ1v) is 9.87. The number of aromatic nitrogens is 4. The van der Waals surface area contributed by atoms with Gasteiger partial charge < -0.3 is 10.5 Å². The van der Waals surface area contributed by atoms with Crippen LogP contribution in [-0.2, 0) is 0 Å². The summed E-state index contributed by atoms with van der Waals surface area (Å²) >= 11 is 0. The molecule has 0 aliphatic heterocycles. The van der Waals surface area contributed by atoms with Crippen LogP contribution in [0.2, 0.25) is 0 Å². The van der Waals surface area contributed by atoms with E-state index in [9.17, 15) is 20.1 Å². The van der Waals surface area contributed by atoms with Gasteiger partial charge in [-0.25, -0.2) is 9.67 Å². The van der Waals surface area contributed by atoms with Gasteiger partial charge in [0.25, 0.3) is 11.6 Å². The Labute approximate surface area is 186 Å². The number of imidazole rings is 1. The van der Waals surface area contributed by atoms with Crippen LogP contribution in [0.25, 0.3) is 28.1 Å². The lowest BCUT2D eigenvalue weighted by Gasteiger charge is -2.08. The van der Waals surface area contributed by atoms with Crippen LogP contribution >= 0.6 is 0 Å². The molecule has 33 heavy (non-hydrogen) atoms. The first-order chi connectivity index (χ1) is 16.0. The molecule has 0 atom stereocenters. The number of benzene rings is 3. The summed E-state index contributed by atoms with van der Waals surface area (Å²) in [5, 5.41) is 28.4. The van der Waals surface area contributed by atoms with Crippen LogP contribution in [0.1, 0.15) is 10.4 Å². The van der Waals surface area contributed by atoms with Gasteiger partial charge in [0.2, 0.25) is 0 Å². The minimum absolute atomic E-state index is 0.139. The zero-order valence-corrected chi connectivity index (χ0v) is 17.0. The molecular formula is C23H16N6O4. The number of anilines is 1. The van der Waals surface area contributed by atoms with Crippen molar-refractivity contribution in [1.29, 1.82) is 0 Å². The van der Waals surface area contributed by atoms with E-state index >= 15 is 0 Å². The van der Waals surface area contributed by atoms with Crippen LogP contribution in [0.4, 0.5) is 11.4 Å². The molecule has 10 nitrogen and oxygen atoms in total. The fourth-order valence-corrected chi connectivity index (χ4v) is 3.44. The van der Waals surface area contributed by atoms with Crippen LogP contribution in [0.3, 0.4) is 0 Å². The summed E-state index contributed by atoms with van der Waals surface area (Å²) in [4.78, 5) is 27.4. The van der Waals surface area contributed by atoms with Crippen molar-refractivity contribution in [3.05, 3.63) is 101 Å². The van der Waals surface area contributed by atoms with Crippen molar-refractivity contribution in [2.75, 3.05) is 5.32 Å². The minimum atomic E-state index is -0.533. The molecule has 0 radical (unpaired) electrons. The topological polar surface area (TPSA) is 128 Å². The molecule has 0 saturated heterocycles. The number of carbonyl (C=O) groups is 1. The summed E-state index contributed by atoms with van der Waals surface area (Å²) in [7, 11) is 0. The molecule has 10 heteroatoms. The third-order valence-corrected chi connectivity index (χ3v) is 5.12. The van der Waals surface area contributed by atoms with Gasteiger partial charge in [-0.05, 0) is 60.7 Å². The molecule has 162 valence electrons. The number of hydrogen-bond acceptors (Lipinski definition) is 6. The number of nitro groups is 1. The van der Waals surface area contributed by atoms with E-state index in [0.29, 0.717) is 22.3 Å². The molecule has 0 aliphatic carbocycles. The first-order valence-electron chi connectivity index (χ1n) is 9.87. The number of amides is 1. The van der Waals surface area contributed by atoms with Crippen LogP contribution in [0.15, 0.2) is 85.2 Å². The first kappa shape index (κ1) is 19.9. The third kappa shape index (κ3) is 3.76. The number of rotatable bonds is 5. The Bertz CT molecular complexity index is 1470. The number of hydrogen-bond donors (Lipinski definition) is 2. The average Bonchev–Trinajstić information content (AvgIpc) is 3.48. The molecule has 0 bridgehead atoms. The highest BCUT2D eigenvalue weighted by atomic mass is 16.6. The molecule has 5 aromatic rings. The summed E-state index contributed by atoms with van der Waals surface area (Å²) in [6, 6.07) is 19.7. The van der Waals surface area contributed by atoms with Gasteiger partial charge in [-0.3, -0.25) is 14.9 Å². The molecule has 5 rings (SSSR count). The van der Waals surface area contributed by atoms with E-state index in [1.165, 1.54) is 18.2 Å². The molecule has 0 unspecified atom stereocenters. The fraction of sp³-hybridized carbons (Fsp3) is 0. The Hall–Kier alpha value is -4.99. The van der Waals surface area contributed by atoms with Gasteiger partial charge in [-0.2, -0.15) is 9.83 Å². The second kappa shape index (κ2) is 7.93. The minimum Gasteiger partial charge on any atom is -0.426 e. The maximum Gasteiger partial charge on any atom is 0.271 e. The van der Waals surface area contributed by atoms with Crippen molar-refractivity contribution in [3.8, 4) is 17.1 Å². The van der Waals surface area contributed by atoms with Crippen molar-refractivity contribution in [2.24, 2.45) is 0 Å². The predicted molar refractivity (Wildman–Crippen MR) is 121 cm³/mol. The number of nitro benzene ring substituents is 1. The highest BCUT2D eigenvalue weighted by Crippen LogP contribution is 2.27. The van der Waals surface area contributed by atoms with Crippen molar-refractivity contribution in [3.63, 3.8) is 0 Å². The van der Waals surface area contributed by atoms with Gasteiger partial charge in [0.05, 0.1) is 16.1 Å². The van der Waals surface area contributed by atoms with Gasteiger partial charge in [0, 0.05) is 41.3 Å². The maximum atomic E-state index is 12.6. The van der Waals surface area contributed by atoms with Crippen LogP contribution < -0.4 is 5.32 Å². The average molecular weight is 440 g/mol. The van der Waals surface area contributed by atoms with Crippen LogP contribution in [0.5, 0.6) is 0 Å². The normalized spacial score (nSPS) is 10.9. The van der Waals surface area contributed by atoms with Crippen molar-refractivity contribution >= 4 is 28.3 Å². The number of non-ortho nitro benzene ring substituents is 1. The highest BCUT2D eigenvalue weighted by Gasteiger charge is 2.16. The van der Waals surface area contributed by atoms with Crippen molar-refractivity contribution < 1.29 is 14.9 Å². The van der Waals surface area contributed by atoms with Gasteiger partial charge in [0.1, 0.15) is 5.52 Å². The molecule has 0 saturated carbocycles. The molecule has 2 aromatic heterocycles. The fourth-order valence-electron chi connectivity index (χ4n) is 3.44. The molecule has 0 fully saturated rings. The number of carbonyl (C=O) groups excluding carboxylic acids is 1. The maximum absolute atomic E-state index is 12.6. The Kier molecular flexibility index (Phi) is 4.79. The highest BCUT2D eigenvalue weighted by molar-refractivity contribution is 6.04. The van der Waals surface area contributed by atoms with E-state index in [2.05, 4.69) is 15.4 Å². The lowest BCUT2D eigenvalue weighted by molar-refractivity contribution is -0.384. The van der Waals surface area contributed by atoms with E-state index in [-0.39, 0.29) is 22.9 Å². The second-order valence-corrected chi connectivity index (χ2v) is 7.21. The summed E-state index contributed by atoms with van der Waals surface area (Å²) in [5.41, 5.74) is 3.00. The van der Waals surface area contributed by atoms with E-state index in [0.717, 1.165) is 10.4 Å². The quantitative estimate of drug-likeness (QED) is 0.238. The Morgan fingerprint density at radius 1 is 1.03 bits per heavy atom. The summed E-state index contributed by atoms with van der Waals surface area (Å²) in [5.74, 6) is -0.0333. The van der Waals surface area contributed by atoms with Gasteiger partial charge >= 0.3 is 0 Å². The monoisotopic (exact) mass is 440 g/mol. The van der Waals surface area contributed by atoms with Gasteiger partial charge in [-0.1, -0.05) is 0 Å². The Balaban J connectivity index is 1.34. The van der Waals surface area contributed by atoms with E-state index in [4.69, 9.17) is 0 Å². The van der Waals surface area contributed by atoms with E-state index in [1.54, 1.807) is 59.4 Å². The smallest absolute Gasteiger partial charge is 0.271 e. The largest absolute Gasteiger partial charge is 0.426 e. The lowest BCUT2D eigenvalue weighted by Crippen LogP contribution is -2.12. The van der Waals surface area contributed by atoms with Gasteiger partial charge in [-0.15, -0.1) is 0 Å². The van der Waals surface area contributed by atoms with Crippen molar-refractivity contribution in [2.45, 2.75) is 0 Å². The lowest BCUT2D eigenvalue weighted by atomic mass is 10.1. The number of nitrogens with zero attached hydrogens (tertiary/aromatic N) is 5. The van der Waals surface area contributed by atoms with Crippen LogP contribution in [0, 0.1) is 10.1 Å². The molecule has 0 spiro atoms.